The Morgan fingerprint density at radius 3 is 2.79 bits per heavy atom. The number of benzene rings is 1. The number of nitrogens with zero attached hydrogens (tertiary/aromatic N) is 1. The second-order valence-corrected chi connectivity index (χ2v) is 3.30. The van der Waals surface area contributed by atoms with Gasteiger partial charge in [-0.05, 0) is 31.6 Å². The number of likely N-dealkylation sites (N-methyl/N-ethyl adjacent to an activating group) is 1. The zero-order chi connectivity index (χ0) is 10.6. The molecule has 5 heteroatoms. The fourth-order valence-corrected chi connectivity index (χ4v) is 1.40. The van der Waals surface area contributed by atoms with Crippen LogP contribution in [-0.4, -0.2) is 18.5 Å². The number of nitro benzene ring substituents is 1. The van der Waals surface area contributed by atoms with Crippen LogP contribution in [0.4, 0.5) is 5.69 Å². The molecule has 14 heavy (non-hydrogen) atoms. The molecule has 0 radical (unpaired) electrons. The van der Waals surface area contributed by atoms with E-state index in [-0.39, 0.29) is 10.7 Å². The van der Waals surface area contributed by atoms with Crippen molar-refractivity contribution in [2.75, 3.05) is 13.6 Å². The van der Waals surface area contributed by atoms with Gasteiger partial charge in [0.1, 0.15) is 5.02 Å². The molecule has 0 fully saturated rings. The highest BCUT2D eigenvalue weighted by Crippen LogP contribution is 2.24. The largest absolute Gasteiger partial charge is 0.319 e. The van der Waals surface area contributed by atoms with Gasteiger partial charge in [0.2, 0.25) is 0 Å². The summed E-state index contributed by atoms with van der Waals surface area (Å²) in [6.07, 6.45) is 0.814. The molecule has 0 spiro atoms. The van der Waals surface area contributed by atoms with Crippen LogP contribution in [-0.2, 0) is 6.42 Å². The molecule has 1 N–H and O–H groups in total. The molecule has 4 nitrogen and oxygen atoms in total. The van der Waals surface area contributed by atoms with Crippen LogP contribution in [0.25, 0.3) is 0 Å². The summed E-state index contributed by atoms with van der Waals surface area (Å²) >= 11 is 5.74. The first-order valence-electron chi connectivity index (χ1n) is 4.22. The molecule has 0 aliphatic rings. The van der Waals surface area contributed by atoms with Crippen molar-refractivity contribution >= 4 is 17.3 Å². The van der Waals surface area contributed by atoms with Gasteiger partial charge in [0.05, 0.1) is 4.92 Å². The fraction of sp³-hybridized carbons (Fsp3) is 0.333. The molecule has 1 aromatic carbocycles. The van der Waals surface area contributed by atoms with Crippen LogP contribution in [0, 0.1) is 10.1 Å². The van der Waals surface area contributed by atoms with Crippen LogP contribution in [0.3, 0.4) is 0 Å². The van der Waals surface area contributed by atoms with E-state index in [1.165, 1.54) is 6.07 Å². The van der Waals surface area contributed by atoms with Crippen LogP contribution >= 0.6 is 11.6 Å². The van der Waals surface area contributed by atoms with Crippen LogP contribution in [0.1, 0.15) is 5.56 Å². The number of nitro groups is 1. The predicted octanol–water partition coefficient (Wildman–Crippen LogP) is 2.01. The van der Waals surface area contributed by atoms with Crippen LogP contribution < -0.4 is 5.32 Å². The Kier molecular flexibility index (Phi) is 3.85. The molecule has 0 aliphatic carbocycles. The Labute approximate surface area is 87.0 Å². The van der Waals surface area contributed by atoms with E-state index >= 15 is 0 Å². The Morgan fingerprint density at radius 1 is 1.57 bits per heavy atom. The molecule has 0 bridgehead atoms. The molecule has 0 saturated carbocycles. The lowest BCUT2D eigenvalue weighted by Crippen LogP contribution is -2.10. The number of nitrogens with one attached hydrogen (secondary N) is 1. The monoisotopic (exact) mass is 214 g/mol. The fourth-order valence-electron chi connectivity index (χ4n) is 1.12. The van der Waals surface area contributed by atoms with Gasteiger partial charge in [0.25, 0.3) is 5.69 Å². The van der Waals surface area contributed by atoms with E-state index in [1.807, 2.05) is 7.05 Å². The molecule has 0 unspecified atom stereocenters. The van der Waals surface area contributed by atoms with Crippen molar-refractivity contribution in [1.29, 1.82) is 0 Å². The third-order valence-corrected chi connectivity index (χ3v) is 2.18. The number of rotatable bonds is 4. The molecule has 0 saturated heterocycles. The smallest absolute Gasteiger partial charge is 0.287 e. The minimum Gasteiger partial charge on any atom is -0.319 e. The van der Waals surface area contributed by atoms with E-state index in [9.17, 15) is 10.1 Å². The molecule has 0 aromatic heterocycles. The summed E-state index contributed by atoms with van der Waals surface area (Å²) in [5, 5.41) is 13.6. The lowest BCUT2D eigenvalue weighted by atomic mass is 10.1. The van der Waals surface area contributed by atoms with Crippen molar-refractivity contribution in [3.8, 4) is 0 Å². The van der Waals surface area contributed by atoms with Gasteiger partial charge in [-0.25, -0.2) is 0 Å². The lowest BCUT2D eigenvalue weighted by molar-refractivity contribution is -0.384. The third kappa shape index (κ3) is 2.68. The van der Waals surface area contributed by atoms with Gasteiger partial charge in [0.15, 0.2) is 0 Å². The number of hydrogen-bond donors (Lipinski definition) is 1. The standard InChI is InChI=1S/C9H11ClN2O2/c1-11-5-4-7-2-3-9(12(13)14)8(10)6-7/h2-3,6,11H,4-5H2,1H3. The van der Waals surface area contributed by atoms with E-state index in [0.717, 1.165) is 18.5 Å². The Morgan fingerprint density at radius 2 is 2.29 bits per heavy atom. The summed E-state index contributed by atoms with van der Waals surface area (Å²) in [6, 6.07) is 4.80. The third-order valence-electron chi connectivity index (χ3n) is 1.87. The summed E-state index contributed by atoms with van der Waals surface area (Å²) in [5.74, 6) is 0. The summed E-state index contributed by atoms with van der Waals surface area (Å²) < 4.78 is 0. The minimum absolute atomic E-state index is 0.0418. The molecular formula is C9H11ClN2O2. The maximum atomic E-state index is 10.5. The van der Waals surface area contributed by atoms with Gasteiger partial charge in [-0.3, -0.25) is 10.1 Å². The van der Waals surface area contributed by atoms with E-state index in [0.29, 0.717) is 0 Å². The van der Waals surface area contributed by atoms with Crippen LogP contribution in [0.5, 0.6) is 0 Å². The summed E-state index contributed by atoms with van der Waals surface area (Å²) in [5.41, 5.74) is 0.954. The Bertz CT molecular complexity index is 342. The second-order valence-electron chi connectivity index (χ2n) is 2.90. The molecule has 0 amide bonds. The zero-order valence-electron chi connectivity index (χ0n) is 7.79. The Balaban J connectivity index is 2.83. The highest BCUT2D eigenvalue weighted by atomic mass is 35.5. The normalized spacial score (nSPS) is 10.1. The topological polar surface area (TPSA) is 55.2 Å². The van der Waals surface area contributed by atoms with E-state index in [2.05, 4.69) is 5.32 Å². The van der Waals surface area contributed by atoms with Crippen molar-refractivity contribution in [1.82, 2.24) is 5.32 Å². The number of hydrogen-bond acceptors (Lipinski definition) is 3. The molecule has 1 rings (SSSR count). The van der Waals surface area contributed by atoms with Crippen molar-refractivity contribution in [3.63, 3.8) is 0 Å². The maximum Gasteiger partial charge on any atom is 0.287 e. The quantitative estimate of drug-likeness (QED) is 0.616. The highest BCUT2D eigenvalue weighted by Gasteiger charge is 2.11. The molecular weight excluding hydrogens is 204 g/mol. The van der Waals surface area contributed by atoms with Crippen molar-refractivity contribution in [2.24, 2.45) is 0 Å². The first kappa shape index (κ1) is 10.9. The van der Waals surface area contributed by atoms with E-state index in [4.69, 9.17) is 11.6 Å². The second kappa shape index (κ2) is 4.93. The molecule has 1 aromatic rings. The molecule has 0 aliphatic heterocycles. The highest BCUT2D eigenvalue weighted by molar-refractivity contribution is 6.32. The van der Waals surface area contributed by atoms with Crippen molar-refractivity contribution in [2.45, 2.75) is 6.42 Å². The van der Waals surface area contributed by atoms with Gasteiger partial charge in [-0.15, -0.1) is 0 Å². The summed E-state index contributed by atoms with van der Waals surface area (Å²) in [4.78, 5) is 9.97. The van der Waals surface area contributed by atoms with Gasteiger partial charge in [-0.2, -0.15) is 0 Å². The van der Waals surface area contributed by atoms with Crippen LogP contribution in [0.2, 0.25) is 5.02 Å². The van der Waals surface area contributed by atoms with E-state index < -0.39 is 4.92 Å². The summed E-state index contributed by atoms with van der Waals surface area (Å²) in [7, 11) is 1.85. The van der Waals surface area contributed by atoms with Crippen LogP contribution in [0.15, 0.2) is 18.2 Å². The summed E-state index contributed by atoms with van der Waals surface area (Å²) in [6.45, 7) is 0.828. The van der Waals surface area contributed by atoms with Gasteiger partial charge in [0, 0.05) is 6.07 Å². The van der Waals surface area contributed by atoms with Gasteiger partial charge < -0.3 is 5.32 Å². The zero-order valence-corrected chi connectivity index (χ0v) is 8.54. The average molecular weight is 215 g/mol. The maximum absolute atomic E-state index is 10.5. The molecule has 76 valence electrons. The van der Waals surface area contributed by atoms with Gasteiger partial charge in [-0.1, -0.05) is 17.7 Å². The molecule has 0 heterocycles. The molecule has 0 atom stereocenters. The van der Waals surface area contributed by atoms with E-state index in [1.54, 1.807) is 12.1 Å². The Hall–Kier alpha value is -1.13. The minimum atomic E-state index is -0.482. The number of halogens is 1. The average Bonchev–Trinajstić information content (AvgIpc) is 2.14. The SMILES string of the molecule is CNCCc1ccc([N+](=O)[O-])c(Cl)c1. The van der Waals surface area contributed by atoms with Crippen molar-refractivity contribution < 1.29 is 4.92 Å². The first-order chi connectivity index (χ1) is 6.65. The van der Waals surface area contributed by atoms with Crippen molar-refractivity contribution in [3.05, 3.63) is 38.9 Å². The van der Waals surface area contributed by atoms with Gasteiger partial charge >= 0.3 is 0 Å². The first-order valence-corrected chi connectivity index (χ1v) is 4.60. The predicted molar refractivity (Wildman–Crippen MR) is 55.7 cm³/mol. The lowest BCUT2D eigenvalue weighted by Gasteiger charge is -2.01.